The Morgan fingerprint density at radius 1 is 0.466 bits per heavy atom. The number of carboxylic acid groups (broad SMARTS) is 1. The largest absolute Gasteiger partial charge is 0.481 e. The molecule has 3 unspecified atom stereocenters. The van der Waals surface area contributed by atoms with Gasteiger partial charge in [0.2, 0.25) is 17.6 Å². The number of aliphatic carboxylic acids is 1. The Morgan fingerprint density at radius 3 is 0.971 bits per heavy atom. The molecule has 1 N–H and O–H groups in total. The van der Waals surface area contributed by atoms with Crippen molar-refractivity contribution >= 4 is 179 Å². The summed E-state index contributed by atoms with van der Waals surface area (Å²) in [6.45, 7) is 4.39. The third kappa shape index (κ3) is 18.1. The number of aromatic nitrogens is 6. The van der Waals surface area contributed by atoms with Crippen molar-refractivity contribution in [3.63, 3.8) is 0 Å². The summed E-state index contributed by atoms with van der Waals surface area (Å²) in [7, 11) is 0. The van der Waals surface area contributed by atoms with Crippen LogP contribution in [0.3, 0.4) is 0 Å². The molecule has 3 amide bonds. The number of carboxylic acids is 1. The van der Waals surface area contributed by atoms with Crippen LogP contribution < -0.4 is 30.9 Å². The van der Waals surface area contributed by atoms with Crippen LogP contribution in [-0.2, 0) is 33.4 Å². The first kappa shape index (κ1) is 74.0. The quantitative estimate of drug-likeness (QED) is 0.0739. The molecular formula is C71H58Cl3N9O14S6. The first-order chi connectivity index (χ1) is 49.7. The number of hydrogen-bond acceptors (Lipinski definition) is 22. The number of nitrogens with zero attached hydrogens (tertiary/aromatic N) is 9. The highest BCUT2D eigenvalue weighted by Gasteiger charge is 2.38. The number of thiocarbonyl (C=S) groups is 3. The Balaban J connectivity index is 0.000000142. The number of rotatable bonds is 15. The summed E-state index contributed by atoms with van der Waals surface area (Å²) in [5, 5.41) is 9.09. The number of pyridine rings is 3. The number of ether oxygens (including phenoxy) is 6. The van der Waals surface area contributed by atoms with E-state index < -0.39 is 5.97 Å². The minimum atomic E-state index is -0.833. The third-order valence-electron chi connectivity index (χ3n) is 16.0. The van der Waals surface area contributed by atoms with Crippen LogP contribution in [0, 0.1) is 0 Å². The summed E-state index contributed by atoms with van der Waals surface area (Å²) in [6, 6.07) is 35.9. The monoisotopic (exact) mass is 1560 g/mol. The Hall–Kier alpha value is -8.69. The van der Waals surface area contributed by atoms with Crippen LogP contribution >= 0.6 is 107 Å². The molecule has 6 aliphatic heterocycles. The fraction of sp³-hybridized carbons (Fsp3) is 0.225. The van der Waals surface area contributed by atoms with Gasteiger partial charge in [0.05, 0.1) is 52.7 Å². The standard InChI is InChI=1S/3C23H18ClN3O4S2.C2H4O2/c3*24-14-6-8-15(9-7-14)31-20-17(21(28)26-10-2-1-5-19(26)25-20)12-18-22(29)27(23(32)33-18)13-16-4-3-11-30-16;1-2(3)4/h3*1-2,5-10,12,16H,3-4,11,13H2;1H3,(H,3,4)/b3*18-12+;. The summed E-state index contributed by atoms with van der Waals surface area (Å²) in [5.41, 5.74) is 0.694. The van der Waals surface area contributed by atoms with E-state index >= 15 is 0 Å². The number of halogens is 3. The molecule has 3 atom stereocenters. The van der Waals surface area contributed by atoms with Gasteiger partial charge in [-0.15, -0.1) is 0 Å². The van der Waals surface area contributed by atoms with Gasteiger partial charge in [-0.05, 0) is 166 Å². The Bertz CT molecular complexity index is 4610. The Labute approximate surface area is 630 Å². The zero-order valence-corrected chi connectivity index (χ0v) is 61.3. The zero-order valence-electron chi connectivity index (χ0n) is 54.2. The molecule has 32 heteroatoms. The van der Waals surface area contributed by atoms with Crippen molar-refractivity contribution in [2.24, 2.45) is 0 Å². The first-order valence-corrected chi connectivity index (χ1v) is 36.7. The van der Waals surface area contributed by atoms with E-state index in [1.165, 1.54) is 46.1 Å². The lowest BCUT2D eigenvalue weighted by molar-refractivity contribution is -0.134. The first-order valence-electron chi connectivity index (χ1n) is 31.9. The second-order valence-corrected chi connectivity index (χ2v) is 29.5. The molecule has 9 aromatic rings. The smallest absolute Gasteiger partial charge is 0.300 e. The van der Waals surface area contributed by atoms with Crippen molar-refractivity contribution in [2.45, 2.75) is 63.8 Å². The fourth-order valence-electron chi connectivity index (χ4n) is 11.0. The predicted molar refractivity (Wildman–Crippen MR) is 409 cm³/mol. The highest BCUT2D eigenvalue weighted by molar-refractivity contribution is 8.27. The van der Waals surface area contributed by atoms with Crippen LogP contribution in [0.15, 0.2) is 175 Å². The summed E-state index contributed by atoms with van der Waals surface area (Å²) < 4.78 is 40.3. The third-order valence-corrected chi connectivity index (χ3v) is 20.9. The molecule has 0 bridgehead atoms. The van der Waals surface area contributed by atoms with Crippen molar-refractivity contribution in [1.82, 2.24) is 42.9 Å². The molecule has 6 saturated heterocycles. The van der Waals surface area contributed by atoms with Crippen LogP contribution in [0.5, 0.6) is 34.9 Å². The minimum absolute atomic E-state index is 0.0244. The summed E-state index contributed by atoms with van der Waals surface area (Å²) in [5.74, 6) is 0.0849. The van der Waals surface area contributed by atoms with Crippen LogP contribution in [0.2, 0.25) is 15.1 Å². The molecule has 6 fully saturated rings. The molecule has 6 aromatic heterocycles. The average Bonchev–Trinajstić information content (AvgIpc) is 1.78. The molecule has 15 rings (SSSR count). The molecular weight excluding hydrogens is 1500 g/mol. The van der Waals surface area contributed by atoms with Crippen molar-refractivity contribution in [3.05, 3.63) is 224 Å². The number of benzene rings is 3. The van der Waals surface area contributed by atoms with E-state index in [0.717, 1.165) is 80.7 Å². The fourth-order valence-corrected chi connectivity index (χ4v) is 15.2. The molecule has 6 aliphatic rings. The highest BCUT2D eigenvalue weighted by atomic mass is 35.5. The molecule has 0 spiro atoms. The molecule has 12 heterocycles. The van der Waals surface area contributed by atoms with Crippen molar-refractivity contribution in [3.8, 4) is 34.9 Å². The number of amides is 3. The molecule has 103 heavy (non-hydrogen) atoms. The van der Waals surface area contributed by atoms with Gasteiger partial charge in [-0.3, -0.25) is 61.5 Å². The van der Waals surface area contributed by atoms with E-state index in [-0.39, 0.29) is 87.0 Å². The topological polar surface area (TPSA) is 257 Å². The summed E-state index contributed by atoms with van der Waals surface area (Å²) in [4.78, 5) is 107. The number of carbonyl (C=O) groups is 4. The van der Waals surface area contributed by atoms with Gasteiger partial charge in [0.25, 0.3) is 40.4 Å². The van der Waals surface area contributed by atoms with Crippen LogP contribution in [0.25, 0.3) is 35.2 Å². The van der Waals surface area contributed by atoms with Crippen molar-refractivity contribution in [1.29, 1.82) is 0 Å². The van der Waals surface area contributed by atoms with E-state index in [4.69, 9.17) is 110 Å². The second kappa shape index (κ2) is 33.8. The molecule has 528 valence electrons. The van der Waals surface area contributed by atoms with Gasteiger partial charge in [0, 0.05) is 60.4 Å². The predicted octanol–water partition coefficient (Wildman–Crippen LogP) is 13.7. The van der Waals surface area contributed by atoms with Crippen LogP contribution in [0.1, 0.15) is 62.1 Å². The van der Waals surface area contributed by atoms with E-state index in [1.807, 2.05) is 0 Å². The number of thioether (sulfide) groups is 3. The van der Waals surface area contributed by atoms with Gasteiger partial charge < -0.3 is 33.5 Å². The Morgan fingerprint density at radius 2 is 0.728 bits per heavy atom. The average molecular weight is 1560 g/mol. The zero-order chi connectivity index (χ0) is 72.4. The number of carbonyl (C=O) groups excluding carboxylic acids is 3. The van der Waals surface area contributed by atoms with Crippen LogP contribution in [0.4, 0.5) is 0 Å². The lowest BCUT2D eigenvalue weighted by Crippen LogP contribution is -2.35. The van der Waals surface area contributed by atoms with E-state index in [1.54, 1.807) is 146 Å². The van der Waals surface area contributed by atoms with Gasteiger partial charge in [-0.1, -0.05) is 125 Å². The van der Waals surface area contributed by atoms with Gasteiger partial charge in [0.15, 0.2) is 0 Å². The molecule has 0 saturated carbocycles. The van der Waals surface area contributed by atoms with E-state index in [2.05, 4.69) is 15.0 Å². The second-order valence-electron chi connectivity index (χ2n) is 23.2. The highest BCUT2D eigenvalue weighted by Crippen LogP contribution is 2.39. The van der Waals surface area contributed by atoms with Gasteiger partial charge in [-0.2, -0.15) is 15.0 Å². The van der Waals surface area contributed by atoms with Gasteiger partial charge in [-0.25, -0.2) is 0 Å². The van der Waals surface area contributed by atoms with Crippen molar-refractivity contribution in [2.75, 3.05) is 39.5 Å². The summed E-state index contributed by atoms with van der Waals surface area (Å²) >= 11 is 37.7. The van der Waals surface area contributed by atoms with E-state index in [0.29, 0.717) is 116 Å². The van der Waals surface area contributed by atoms with E-state index in [9.17, 15) is 28.8 Å². The SMILES string of the molecule is CC(=O)O.O=C1/C(=C\c2c(Oc3ccc(Cl)cc3)nc3ccccn3c2=O)SC(=S)N1CC1CCCO1.O=C1/C(=C\c2c(Oc3ccc(Cl)cc3)nc3ccccn3c2=O)SC(=S)N1CC1CCCO1.O=C1/C(=C\c2c(Oc3ccc(Cl)cc3)nc3ccccn3c2=O)SC(=S)N1CC1CCCO1. The lowest BCUT2D eigenvalue weighted by atomic mass is 10.2. The minimum Gasteiger partial charge on any atom is -0.481 e. The number of fused-ring (bicyclic) bond motifs is 3. The molecule has 0 radical (unpaired) electrons. The van der Waals surface area contributed by atoms with Crippen molar-refractivity contribution < 1.29 is 52.7 Å². The Kier molecular flexibility index (Phi) is 24.3. The molecule has 3 aromatic carbocycles. The van der Waals surface area contributed by atoms with Gasteiger partial charge >= 0.3 is 0 Å². The maximum atomic E-state index is 13.3. The molecule has 23 nitrogen and oxygen atoms in total. The number of hydrogen-bond donors (Lipinski definition) is 1. The van der Waals surface area contributed by atoms with Gasteiger partial charge in [0.1, 0.15) is 63.8 Å². The lowest BCUT2D eigenvalue weighted by Gasteiger charge is -2.18. The maximum Gasteiger partial charge on any atom is 0.300 e. The summed E-state index contributed by atoms with van der Waals surface area (Å²) in [6.07, 6.45) is 14.9. The maximum absolute atomic E-state index is 13.3. The molecule has 0 aliphatic carbocycles. The normalized spacial score (nSPS) is 19.2. The van der Waals surface area contributed by atoms with Crippen LogP contribution in [-0.4, -0.2) is 142 Å².